The second kappa shape index (κ2) is 6.97. The second-order valence-electron chi connectivity index (χ2n) is 6.04. The van der Waals surface area contributed by atoms with Crippen molar-refractivity contribution < 1.29 is 9.59 Å². The number of fused-ring (bicyclic) bond motifs is 1. The van der Waals surface area contributed by atoms with Crippen LogP contribution in [-0.2, 0) is 4.79 Å². The Kier molecular flexibility index (Phi) is 4.37. The third kappa shape index (κ3) is 2.93. The summed E-state index contributed by atoms with van der Waals surface area (Å²) in [6, 6.07) is 10.1. The molecule has 1 aromatic carbocycles. The van der Waals surface area contributed by atoms with Crippen molar-refractivity contribution in [2.45, 2.75) is 12.5 Å². The molecule has 1 fully saturated rings. The molecule has 3 aromatic rings. The molecule has 0 radical (unpaired) electrons. The molecule has 1 aliphatic heterocycles. The molecule has 0 bridgehead atoms. The smallest absolute Gasteiger partial charge is 0.268 e. The van der Waals surface area contributed by atoms with Crippen LogP contribution in [0, 0.1) is 0 Å². The minimum atomic E-state index is -0.581. The maximum Gasteiger partial charge on any atom is 0.268 e. The van der Waals surface area contributed by atoms with Gasteiger partial charge in [-0.2, -0.15) is 0 Å². The molecular weight excluding hydrogens is 330 g/mol. The lowest BCUT2D eigenvalue weighted by Gasteiger charge is -2.31. The standard InChI is InChI=1S/C19H17N5O2/c25-13-18(16-4-1-2-7-20-16)23-10-3-11-24(23)19(26)14-5-6-15-17(12-14)22-9-8-21-15/h1-2,4-9,12-13,18H,3,10-11H2. The highest BCUT2D eigenvalue weighted by Gasteiger charge is 2.34. The van der Waals surface area contributed by atoms with E-state index in [0.29, 0.717) is 29.9 Å². The number of nitrogens with zero attached hydrogens (tertiary/aromatic N) is 5. The number of aldehydes is 1. The largest absolute Gasteiger partial charge is 0.301 e. The number of pyridine rings is 1. The fourth-order valence-electron chi connectivity index (χ4n) is 3.23. The van der Waals surface area contributed by atoms with Gasteiger partial charge in [0.05, 0.1) is 16.7 Å². The summed E-state index contributed by atoms with van der Waals surface area (Å²) < 4.78 is 0. The quantitative estimate of drug-likeness (QED) is 0.672. The molecule has 130 valence electrons. The number of amides is 1. The van der Waals surface area contributed by atoms with Crippen LogP contribution in [0.5, 0.6) is 0 Å². The Hall–Kier alpha value is -3.19. The number of hydrogen-bond acceptors (Lipinski definition) is 6. The highest BCUT2D eigenvalue weighted by atomic mass is 16.2. The van der Waals surface area contributed by atoms with Gasteiger partial charge in [-0.25, -0.2) is 5.01 Å². The normalized spacial score (nSPS) is 15.9. The van der Waals surface area contributed by atoms with Gasteiger partial charge < -0.3 is 4.79 Å². The molecule has 1 amide bonds. The van der Waals surface area contributed by atoms with E-state index in [1.165, 1.54) is 0 Å². The van der Waals surface area contributed by atoms with Crippen molar-refractivity contribution in [3.8, 4) is 0 Å². The van der Waals surface area contributed by atoms with Gasteiger partial charge in [0.15, 0.2) is 0 Å². The Morgan fingerprint density at radius 1 is 1.00 bits per heavy atom. The van der Waals surface area contributed by atoms with E-state index in [4.69, 9.17) is 0 Å². The monoisotopic (exact) mass is 347 g/mol. The van der Waals surface area contributed by atoms with Crippen molar-refractivity contribution in [3.63, 3.8) is 0 Å². The molecule has 1 unspecified atom stereocenters. The molecule has 1 atom stereocenters. The molecule has 0 spiro atoms. The van der Waals surface area contributed by atoms with Gasteiger partial charge in [0, 0.05) is 37.2 Å². The van der Waals surface area contributed by atoms with Crippen LogP contribution >= 0.6 is 0 Å². The summed E-state index contributed by atoms with van der Waals surface area (Å²) in [5, 5.41) is 3.42. The number of aromatic nitrogens is 3. The van der Waals surface area contributed by atoms with E-state index in [9.17, 15) is 9.59 Å². The molecule has 0 aliphatic carbocycles. The molecule has 7 heteroatoms. The molecule has 1 aliphatic rings. The van der Waals surface area contributed by atoms with Gasteiger partial charge >= 0.3 is 0 Å². The Morgan fingerprint density at radius 2 is 1.85 bits per heavy atom. The van der Waals surface area contributed by atoms with Crippen LogP contribution in [0.2, 0.25) is 0 Å². The Balaban J connectivity index is 1.64. The molecule has 3 heterocycles. The van der Waals surface area contributed by atoms with Gasteiger partial charge in [-0.15, -0.1) is 0 Å². The predicted octanol–water partition coefficient (Wildman–Crippen LogP) is 2.03. The predicted molar refractivity (Wildman–Crippen MR) is 94.9 cm³/mol. The number of hydrogen-bond donors (Lipinski definition) is 0. The Labute approximate surface area is 150 Å². The number of benzene rings is 1. The van der Waals surface area contributed by atoms with Crippen molar-refractivity contribution >= 4 is 23.2 Å². The SMILES string of the molecule is O=CC(c1ccccn1)N1CCCN1C(=O)c1ccc2nccnc2c1. The van der Waals surface area contributed by atoms with E-state index in [1.54, 1.807) is 58.9 Å². The number of hydrazine groups is 1. The van der Waals surface area contributed by atoms with E-state index >= 15 is 0 Å². The fraction of sp³-hybridized carbons (Fsp3) is 0.211. The highest BCUT2D eigenvalue weighted by molar-refractivity contribution is 5.97. The first-order valence-corrected chi connectivity index (χ1v) is 8.43. The Morgan fingerprint density at radius 3 is 2.62 bits per heavy atom. The summed E-state index contributed by atoms with van der Waals surface area (Å²) >= 11 is 0. The van der Waals surface area contributed by atoms with Crippen LogP contribution in [0.4, 0.5) is 0 Å². The maximum absolute atomic E-state index is 13.1. The van der Waals surface area contributed by atoms with Crippen LogP contribution in [-0.4, -0.2) is 50.3 Å². The van der Waals surface area contributed by atoms with Gasteiger partial charge in [-0.1, -0.05) is 6.07 Å². The summed E-state index contributed by atoms with van der Waals surface area (Å²) in [5.74, 6) is -0.155. The fourth-order valence-corrected chi connectivity index (χ4v) is 3.23. The molecular formula is C19H17N5O2. The average molecular weight is 347 g/mol. The number of carbonyl (C=O) groups is 2. The van der Waals surface area contributed by atoms with Gasteiger partial charge in [0.25, 0.3) is 5.91 Å². The Bertz CT molecular complexity index is 947. The van der Waals surface area contributed by atoms with E-state index in [1.807, 2.05) is 6.07 Å². The third-order valence-corrected chi connectivity index (χ3v) is 4.46. The molecule has 0 saturated carbocycles. The van der Waals surface area contributed by atoms with Crippen molar-refractivity contribution in [2.24, 2.45) is 0 Å². The summed E-state index contributed by atoms with van der Waals surface area (Å²) in [7, 11) is 0. The minimum Gasteiger partial charge on any atom is -0.301 e. The van der Waals surface area contributed by atoms with Crippen molar-refractivity contribution in [1.29, 1.82) is 0 Å². The lowest BCUT2D eigenvalue weighted by Crippen LogP contribution is -2.44. The van der Waals surface area contributed by atoms with Crippen LogP contribution in [0.1, 0.15) is 28.5 Å². The zero-order valence-electron chi connectivity index (χ0n) is 14.0. The summed E-state index contributed by atoms with van der Waals surface area (Å²) in [4.78, 5) is 37.5. The second-order valence-corrected chi connectivity index (χ2v) is 6.04. The maximum atomic E-state index is 13.1. The summed E-state index contributed by atoms with van der Waals surface area (Å²) in [6.45, 7) is 1.19. The van der Waals surface area contributed by atoms with E-state index in [0.717, 1.165) is 18.2 Å². The first-order valence-electron chi connectivity index (χ1n) is 8.43. The van der Waals surface area contributed by atoms with Crippen LogP contribution in [0.15, 0.2) is 55.0 Å². The average Bonchev–Trinajstić information content (AvgIpc) is 3.18. The zero-order valence-corrected chi connectivity index (χ0v) is 14.0. The van der Waals surface area contributed by atoms with Crippen LogP contribution in [0.3, 0.4) is 0 Å². The summed E-state index contributed by atoms with van der Waals surface area (Å²) in [5.41, 5.74) is 2.56. The lowest BCUT2D eigenvalue weighted by atomic mass is 10.1. The van der Waals surface area contributed by atoms with Gasteiger partial charge in [-0.3, -0.25) is 24.8 Å². The minimum absolute atomic E-state index is 0.155. The molecule has 26 heavy (non-hydrogen) atoms. The van der Waals surface area contributed by atoms with Crippen LogP contribution < -0.4 is 0 Å². The molecule has 4 rings (SSSR count). The molecule has 7 nitrogen and oxygen atoms in total. The van der Waals surface area contributed by atoms with Crippen molar-refractivity contribution in [2.75, 3.05) is 13.1 Å². The first kappa shape index (κ1) is 16.3. The zero-order chi connectivity index (χ0) is 17.9. The van der Waals surface area contributed by atoms with Gasteiger partial charge in [-0.05, 0) is 36.8 Å². The van der Waals surface area contributed by atoms with Crippen LogP contribution in [0.25, 0.3) is 11.0 Å². The van der Waals surface area contributed by atoms with Crippen molar-refractivity contribution in [1.82, 2.24) is 25.0 Å². The van der Waals surface area contributed by atoms with E-state index < -0.39 is 6.04 Å². The third-order valence-electron chi connectivity index (χ3n) is 4.46. The van der Waals surface area contributed by atoms with Crippen molar-refractivity contribution in [3.05, 3.63) is 66.2 Å². The molecule has 1 saturated heterocycles. The van der Waals surface area contributed by atoms with E-state index in [-0.39, 0.29) is 5.91 Å². The number of rotatable bonds is 4. The van der Waals surface area contributed by atoms with Gasteiger partial charge in [0.1, 0.15) is 12.3 Å². The molecule has 0 N–H and O–H groups in total. The number of carbonyl (C=O) groups excluding carboxylic acids is 2. The topological polar surface area (TPSA) is 79.3 Å². The highest BCUT2D eigenvalue weighted by Crippen LogP contribution is 2.25. The van der Waals surface area contributed by atoms with Gasteiger partial charge in [0.2, 0.25) is 0 Å². The van der Waals surface area contributed by atoms with E-state index in [2.05, 4.69) is 15.0 Å². The lowest BCUT2D eigenvalue weighted by molar-refractivity contribution is -0.117. The summed E-state index contributed by atoms with van der Waals surface area (Å²) in [6.07, 6.45) is 6.50. The molecule has 2 aromatic heterocycles. The first-order chi connectivity index (χ1) is 12.8.